The molecule has 0 saturated carbocycles. The first-order valence-corrected chi connectivity index (χ1v) is 5.26. The van der Waals surface area contributed by atoms with Crippen molar-refractivity contribution < 1.29 is 0 Å². The second-order valence-electron chi connectivity index (χ2n) is 3.34. The minimum atomic E-state index is 0.445. The number of rotatable bonds is 3. The van der Waals surface area contributed by atoms with Gasteiger partial charge in [-0.25, -0.2) is 0 Å². The Morgan fingerprint density at radius 3 is 2.60 bits per heavy atom. The molecule has 0 spiro atoms. The molecule has 0 radical (unpaired) electrons. The zero-order valence-electron chi connectivity index (χ0n) is 8.86. The molecule has 0 atom stereocenters. The van der Waals surface area contributed by atoms with Crippen LogP contribution in [0.4, 0.5) is 5.69 Å². The average molecular weight is 222 g/mol. The van der Waals surface area contributed by atoms with Crippen LogP contribution in [-0.4, -0.2) is 0 Å². The third kappa shape index (κ3) is 2.26. The summed E-state index contributed by atoms with van der Waals surface area (Å²) in [5.74, 6) is 0.624. The summed E-state index contributed by atoms with van der Waals surface area (Å²) in [6.07, 6.45) is 0. The summed E-state index contributed by atoms with van der Waals surface area (Å²) in [6, 6.07) is 1.84. The Morgan fingerprint density at radius 1 is 1.47 bits per heavy atom. The van der Waals surface area contributed by atoms with Crippen molar-refractivity contribution in [3.05, 3.63) is 38.8 Å². The standard InChI is InChI=1S/C10H14N4S/c1-6-8(4-11)3-10(13-14-12)7(2)9(6)5-15/h3,15H,4-5,11H2,1-2H3. The zero-order valence-corrected chi connectivity index (χ0v) is 9.75. The van der Waals surface area contributed by atoms with Gasteiger partial charge in [0.15, 0.2) is 0 Å². The molecule has 0 aliphatic rings. The fraction of sp³-hybridized carbons (Fsp3) is 0.400. The van der Waals surface area contributed by atoms with Gasteiger partial charge >= 0.3 is 0 Å². The molecule has 0 aromatic heterocycles. The van der Waals surface area contributed by atoms with Gasteiger partial charge in [-0.1, -0.05) is 5.11 Å². The lowest BCUT2D eigenvalue weighted by Gasteiger charge is -2.14. The molecule has 1 rings (SSSR count). The van der Waals surface area contributed by atoms with Crippen molar-refractivity contribution in [2.75, 3.05) is 0 Å². The average Bonchev–Trinajstić information content (AvgIpc) is 2.23. The zero-order chi connectivity index (χ0) is 11.4. The van der Waals surface area contributed by atoms with Gasteiger partial charge in [0.05, 0.1) is 0 Å². The Balaban J connectivity index is 3.50. The number of nitrogens with zero attached hydrogens (tertiary/aromatic N) is 3. The van der Waals surface area contributed by atoms with Gasteiger partial charge in [0.25, 0.3) is 0 Å². The van der Waals surface area contributed by atoms with Gasteiger partial charge in [0.1, 0.15) is 0 Å². The third-order valence-corrected chi connectivity index (χ3v) is 2.93. The molecule has 80 valence electrons. The Hall–Kier alpha value is -1.16. The van der Waals surface area contributed by atoms with Crippen molar-refractivity contribution in [3.8, 4) is 0 Å². The Bertz CT molecular complexity index is 422. The number of hydrogen-bond acceptors (Lipinski definition) is 3. The highest BCUT2D eigenvalue weighted by Crippen LogP contribution is 2.29. The Kier molecular flexibility index (Phi) is 4.03. The van der Waals surface area contributed by atoms with Crippen LogP contribution in [0.2, 0.25) is 0 Å². The third-order valence-electron chi connectivity index (χ3n) is 2.61. The van der Waals surface area contributed by atoms with Crippen molar-refractivity contribution >= 4 is 18.3 Å². The fourth-order valence-electron chi connectivity index (χ4n) is 1.61. The number of nitrogens with two attached hydrogens (primary N) is 1. The van der Waals surface area contributed by atoms with E-state index in [-0.39, 0.29) is 0 Å². The van der Waals surface area contributed by atoms with E-state index in [1.165, 1.54) is 0 Å². The molecule has 0 saturated heterocycles. The van der Waals surface area contributed by atoms with E-state index < -0.39 is 0 Å². The van der Waals surface area contributed by atoms with Gasteiger partial charge in [-0.15, -0.1) is 0 Å². The van der Waals surface area contributed by atoms with Crippen molar-refractivity contribution in [1.82, 2.24) is 0 Å². The lowest BCUT2D eigenvalue weighted by Crippen LogP contribution is -2.03. The fourth-order valence-corrected chi connectivity index (χ4v) is 2.09. The molecule has 5 heteroatoms. The first-order chi connectivity index (χ1) is 7.15. The SMILES string of the molecule is Cc1c(CN)cc(N=[N+]=[N-])c(C)c1CS. The highest BCUT2D eigenvalue weighted by atomic mass is 32.1. The van der Waals surface area contributed by atoms with Crippen molar-refractivity contribution in [3.63, 3.8) is 0 Å². The van der Waals surface area contributed by atoms with Crippen molar-refractivity contribution in [1.29, 1.82) is 0 Å². The van der Waals surface area contributed by atoms with E-state index in [1.807, 2.05) is 19.9 Å². The topological polar surface area (TPSA) is 74.8 Å². The van der Waals surface area contributed by atoms with E-state index in [4.69, 9.17) is 11.3 Å². The van der Waals surface area contributed by atoms with Gasteiger partial charge in [-0.05, 0) is 47.7 Å². The highest BCUT2D eigenvalue weighted by molar-refractivity contribution is 7.79. The van der Waals surface area contributed by atoms with Gasteiger partial charge in [-0.3, -0.25) is 0 Å². The molecule has 0 bridgehead atoms. The maximum Gasteiger partial charge on any atom is 0.0411 e. The van der Waals surface area contributed by atoms with E-state index in [2.05, 4.69) is 22.7 Å². The normalized spacial score (nSPS) is 9.87. The maximum atomic E-state index is 8.45. The quantitative estimate of drug-likeness (QED) is 0.350. The predicted octanol–water partition coefficient (Wildman–Crippen LogP) is 3.13. The van der Waals surface area contributed by atoms with Crippen LogP contribution in [0.15, 0.2) is 11.2 Å². The van der Waals surface area contributed by atoms with Crippen LogP contribution in [0, 0.1) is 13.8 Å². The van der Waals surface area contributed by atoms with Crippen molar-refractivity contribution in [2.24, 2.45) is 10.8 Å². The molecular weight excluding hydrogens is 208 g/mol. The summed E-state index contributed by atoms with van der Waals surface area (Å²) >= 11 is 4.28. The van der Waals surface area contributed by atoms with Crippen LogP contribution in [0.25, 0.3) is 10.4 Å². The molecule has 0 unspecified atom stereocenters. The smallest absolute Gasteiger partial charge is 0.0411 e. The molecule has 1 aromatic rings. The van der Waals surface area contributed by atoms with Gasteiger partial charge in [0, 0.05) is 22.9 Å². The lowest BCUT2D eigenvalue weighted by molar-refractivity contribution is 1.03. The molecule has 1 aromatic carbocycles. The summed E-state index contributed by atoms with van der Waals surface area (Å²) in [7, 11) is 0. The van der Waals surface area contributed by atoms with Crippen LogP contribution in [0.3, 0.4) is 0 Å². The number of thiol groups is 1. The van der Waals surface area contributed by atoms with Crippen LogP contribution >= 0.6 is 12.6 Å². The summed E-state index contributed by atoms with van der Waals surface area (Å²) < 4.78 is 0. The van der Waals surface area contributed by atoms with Crippen molar-refractivity contribution in [2.45, 2.75) is 26.1 Å². The highest BCUT2D eigenvalue weighted by Gasteiger charge is 2.09. The van der Waals surface area contributed by atoms with Gasteiger partial charge in [0.2, 0.25) is 0 Å². The molecule has 0 aliphatic heterocycles. The largest absolute Gasteiger partial charge is 0.326 e. The monoisotopic (exact) mass is 222 g/mol. The first kappa shape index (κ1) is 11.9. The molecule has 15 heavy (non-hydrogen) atoms. The van der Waals surface area contributed by atoms with E-state index in [0.717, 1.165) is 22.3 Å². The summed E-state index contributed by atoms with van der Waals surface area (Å²) in [4.78, 5) is 2.81. The Morgan fingerprint density at radius 2 is 2.13 bits per heavy atom. The molecule has 0 heterocycles. The first-order valence-electron chi connectivity index (χ1n) is 4.63. The summed E-state index contributed by atoms with van der Waals surface area (Å²) in [6.45, 7) is 4.39. The van der Waals surface area contributed by atoms with Crippen LogP contribution in [0.1, 0.15) is 22.3 Å². The summed E-state index contributed by atoms with van der Waals surface area (Å²) in [5, 5.41) is 3.66. The molecule has 2 N–H and O–H groups in total. The Labute approximate surface area is 94.5 Å². The van der Waals surface area contributed by atoms with Crippen LogP contribution < -0.4 is 5.73 Å². The number of azide groups is 1. The van der Waals surface area contributed by atoms with E-state index >= 15 is 0 Å². The number of benzene rings is 1. The predicted molar refractivity (Wildman–Crippen MR) is 65.3 cm³/mol. The second-order valence-corrected chi connectivity index (χ2v) is 3.65. The van der Waals surface area contributed by atoms with Gasteiger partial charge in [-0.2, -0.15) is 12.6 Å². The van der Waals surface area contributed by atoms with Crippen LogP contribution in [-0.2, 0) is 12.3 Å². The molecule has 0 fully saturated rings. The molecule has 4 nitrogen and oxygen atoms in total. The lowest BCUT2D eigenvalue weighted by atomic mass is 9.97. The van der Waals surface area contributed by atoms with Gasteiger partial charge < -0.3 is 5.73 Å². The minimum Gasteiger partial charge on any atom is -0.326 e. The second kappa shape index (κ2) is 5.07. The molecular formula is C10H14N4S. The maximum absolute atomic E-state index is 8.45. The molecule has 0 amide bonds. The van der Waals surface area contributed by atoms with E-state index in [9.17, 15) is 0 Å². The summed E-state index contributed by atoms with van der Waals surface area (Å²) in [5.41, 5.74) is 19.0. The molecule has 0 aliphatic carbocycles. The van der Waals surface area contributed by atoms with Crippen LogP contribution in [0.5, 0.6) is 0 Å². The van der Waals surface area contributed by atoms with E-state index in [1.54, 1.807) is 0 Å². The van der Waals surface area contributed by atoms with E-state index in [0.29, 0.717) is 18.0 Å². The minimum absolute atomic E-state index is 0.445. The number of hydrogen-bond donors (Lipinski definition) is 2.